The third kappa shape index (κ3) is 3.16. The molecule has 0 aliphatic heterocycles. The molecule has 84 valence electrons. The molecular formula is C10H12N4O2. The lowest BCUT2D eigenvalue weighted by Gasteiger charge is -1.99. The molecule has 1 aromatic rings. The number of carbonyl (C=O) groups is 1. The Morgan fingerprint density at radius 3 is 3.00 bits per heavy atom. The van der Waals surface area contributed by atoms with E-state index in [9.17, 15) is 4.79 Å². The van der Waals surface area contributed by atoms with Crippen LogP contribution in [-0.2, 0) is 6.54 Å². The Hall–Kier alpha value is -2.24. The van der Waals surface area contributed by atoms with Gasteiger partial charge in [0.05, 0.1) is 6.54 Å². The molecule has 0 aliphatic rings. The zero-order valence-corrected chi connectivity index (χ0v) is 8.87. The van der Waals surface area contributed by atoms with Gasteiger partial charge in [-0.15, -0.1) is 5.10 Å². The molecule has 0 amide bonds. The van der Waals surface area contributed by atoms with Gasteiger partial charge in [-0.2, -0.15) is 0 Å². The first-order valence-corrected chi connectivity index (χ1v) is 4.57. The van der Waals surface area contributed by atoms with Gasteiger partial charge in [0.1, 0.15) is 6.33 Å². The fourth-order valence-electron chi connectivity index (χ4n) is 1.12. The highest BCUT2D eigenvalue weighted by Gasteiger charge is 2.08. The van der Waals surface area contributed by atoms with Gasteiger partial charge in [0.15, 0.2) is 0 Å². The highest BCUT2D eigenvalue weighted by atomic mass is 16.4. The predicted octanol–water partition coefficient (Wildman–Crippen LogP) is 1.14. The van der Waals surface area contributed by atoms with Gasteiger partial charge in [0.2, 0.25) is 0 Å². The molecule has 0 radical (unpaired) electrons. The lowest BCUT2D eigenvalue weighted by atomic mass is 10.2. The fourth-order valence-corrected chi connectivity index (χ4v) is 1.12. The van der Waals surface area contributed by atoms with Crippen molar-refractivity contribution in [2.45, 2.75) is 13.5 Å². The highest BCUT2D eigenvalue weighted by molar-refractivity contribution is 5.82. The third-order valence-corrected chi connectivity index (χ3v) is 1.71. The molecule has 1 aromatic heterocycles. The van der Waals surface area contributed by atoms with Crippen molar-refractivity contribution in [3.63, 3.8) is 0 Å². The first kappa shape index (κ1) is 11.8. The number of aromatic carboxylic acids is 1. The van der Waals surface area contributed by atoms with E-state index in [0.717, 1.165) is 5.57 Å². The summed E-state index contributed by atoms with van der Waals surface area (Å²) in [7, 11) is 0. The zero-order chi connectivity index (χ0) is 12.0. The molecule has 1 N–H and O–H groups in total. The molecule has 6 heteroatoms. The highest BCUT2D eigenvalue weighted by Crippen LogP contribution is 2.02. The normalized spacial score (nSPS) is 11.9. The van der Waals surface area contributed by atoms with Crippen LogP contribution in [0, 0.1) is 0 Å². The van der Waals surface area contributed by atoms with E-state index in [-0.39, 0.29) is 5.82 Å². The summed E-state index contributed by atoms with van der Waals surface area (Å²) in [6.07, 6.45) is 6.65. The molecule has 0 atom stereocenters. The van der Waals surface area contributed by atoms with Crippen LogP contribution < -0.4 is 0 Å². The van der Waals surface area contributed by atoms with Crippen molar-refractivity contribution in [3.8, 4) is 0 Å². The first-order valence-electron chi connectivity index (χ1n) is 4.57. The van der Waals surface area contributed by atoms with Gasteiger partial charge >= 0.3 is 5.97 Å². The Morgan fingerprint density at radius 1 is 1.75 bits per heavy atom. The second-order valence-corrected chi connectivity index (χ2v) is 2.96. The Morgan fingerprint density at radius 2 is 2.50 bits per heavy atom. The number of rotatable bonds is 5. The van der Waals surface area contributed by atoms with E-state index in [4.69, 9.17) is 5.11 Å². The van der Waals surface area contributed by atoms with E-state index in [1.807, 2.05) is 19.1 Å². The van der Waals surface area contributed by atoms with Crippen LogP contribution in [0.5, 0.6) is 0 Å². The average molecular weight is 220 g/mol. The van der Waals surface area contributed by atoms with Crippen LogP contribution in [0.3, 0.4) is 0 Å². The van der Waals surface area contributed by atoms with Gasteiger partial charge in [-0.05, 0) is 19.2 Å². The standard InChI is InChI=1S/C10H12N4O2/c1-3-4-8(5-11-2)6-14-7-12-9(13-14)10(15)16/h3-5,7H,2,6H2,1H3,(H,15,16)/b4-3-,8-5+. The van der Waals surface area contributed by atoms with Crippen molar-refractivity contribution in [2.24, 2.45) is 4.99 Å². The minimum absolute atomic E-state index is 0.216. The Balaban J connectivity index is 2.81. The van der Waals surface area contributed by atoms with Gasteiger partial charge in [0, 0.05) is 6.20 Å². The molecule has 0 spiro atoms. The van der Waals surface area contributed by atoms with Gasteiger partial charge in [0.25, 0.3) is 5.82 Å². The van der Waals surface area contributed by atoms with Crippen molar-refractivity contribution >= 4 is 12.7 Å². The van der Waals surface area contributed by atoms with Crippen LogP contribution in [0.1, 0.15) is 17.5 Å². The molecule has 0 bridgehead atoms. The number of hydrogen-bond donors (Lipinski definition) is 1. The van der Waals surface area contributed by atoms with Crippen molar-refractivity contribution in [1.29, 1.82) is 0 Å². The number of carboxylic acid groups (broad SMARTS) is 1. The first-order chi connectivity index (χ1) is 7.67. The van der Waals surface area contributed by atoms with E-state index in [2.05, 4.69) is 21.8 Å². The summed E-state index contributed by atoms with van der Waals surface area (Å²) in [4.78, 5) is 17.9. The molecular weight excluding hydrogens is 208 g/mol. The number of carboxylic acids is 1. The second kappa shape index (κ2) is 5.59. The monoisotopic (exact) mass is 220 g/mol. The van der Waals surface area contributed by atoms with Crippen molar-refractivity contribution in [1.82, 2.24) is 14.8 Å². The Labute approximate surface area is 92.6 Å². The fraction of sp³-hybridized carbons (Fsp3) is 0.200. The van der Waals surface area contributed by atoms with Gasteiger partial charge in [-0.1, -0.05) is 12.2 Å². The summed E-state index contributed by atoms with van der Waals surface area (Å²) in [6.45, 7) is 5.64. The van der Waals surface area contributed by atoms with Crippen LogP contribution in [-0.4, -0.2) is 32.6 Å². The third-order valence-electron chi connectivity index (χ3n) is 1.71. The lowest BCUT2D eigenvalue weighted by molar-refractivity contribution is 0.0683. The minimum Gasteiger partial charge on any atom is -0.475 e. The number of aromatic nitrogens is 3. The average Bonchev–Trinajstić information content (AvgIpc) is 2.67. The maximum absolute atomic E-state index is 10.6. The van der Waals surface area contributed by atoms with Crippen LogP contribution in [0.25, 0.3) is 0 Å². The molecule has 0 unspecified atom stereocenters. The van der Waals surface area contributed by atoms with Crippen molar-refractivity contribution in [3.05, 3.63) is 36.1 Å². The molecule has 1 heterocycles. The van der Waals surface area contributed by atoms with Crippen LogP contribution in [0.2, 0.25) is 0 Å². The summed E-state index contributed by atoms with van der Waals surface area (Å²) in [5.41, 5.74) is 0.860. The number of allylic oxidation sites excluding steroid dienone is 3. The van der Waals surface area contributed by atoms with E-state index >= 15 is 0 Å². The Bertz CT molecular complexity index is 445. The molecule has 0 fully saturated rings. The Kier molecular flexibility index (Phi) is 4.14. The molecule has 0 aliphatic carbocycles. The summed E-state index contributed by atoms with van der Waals surface area (Å²) in [5.74, 6) is -1.36. The zero-order valence-electron chi connectivity index (χ0n) is 8.87. The molecule has 6 nitrogen and oxygen atoms in total. The number of nitrogens with zero attached hydrogens (tertiary/aromatic N) is 4. The maximum atomic E-state index is 10.6. The van der Waals surface area contributed by atoms with Crippen LogP contribution in [0.15, 0.2) is 35.2 Å². The summed E-state index contributed by atoms with van der Waals surface area (Å²) < 4.78 is 1.43. The van der Waals surface area contributed by atoms with E-state index in [1.54, 1.807) is 6.20 Å². The molecule has 1 rings (SSSR count). The predicted molar refractivity (Wildman–Crippen MR) is 59.4 cm³/mol. The largest absolute Gasteiger partial charge is 0.475 e. The SMILES string of the molecule is C=N/C=C(\C=C/C)Cn1cnc(C(=O)O)n1. The lowest BCUT2D eigenvalue weighted by Crippen LogP contribution is -2.04. The van der Waals surface area contributed by atoms with Crippen molar-refractivity contribution < 1.29 is 9.90 Å². The molecule has 0 saturated carbocycles. The second-order valence-electron chi connectivity index (χ2n) is 2.96. The quantitative estimate of drug-likeness (QED) is 0.596. The van der Waals surface area contributed by atoms with Gasteiger partial charge < -0.3 is 5.11 Å². The summed E-state index contributed by atoms with van der Waals surface area (Å²) >= 11 is 0. The van der Waals surface area contributed by atoms with Crippen molar-refractivity contribution in [2.75, 3.05) is 0 Å². The topological polar surface area (TPSA) is 80.4 Å². The minimum atomic E-state index is -1.14. The molecule has 0 aromatic carbocycles. The van der Waals surface area contributed by atoms with E-state index in [1.165, 1.54) is 11.0 Å². The summed E-state index contributed by atoms with van der Waals surface area (Å²) in [6, 6.07) is 0. The number of hydrogen-bond acceptors (Lipinski definition) is 4. The molecule has 16 heavy (non-hydrogen) atoms. The van der Waals surface area contributed by atoms with Crippen LogP contribution >= 0.6 is 0 Å². The number of aliphatic imine (C=N–C) groups is 1. The van der Waals surface area contributed by atoms with Gasteiger partial charge in [-0.3, -0.25) is 4.99 Å². The van der Waals surface area contributed by atoms with Crippen LogP contribution in [0.4, 0.5) is 0 Å². The van der Waals surface area contributed by atoms with Gasteiger partial charge in [-0.25, -0.2) is 14.5 Å². The van der Waals surface area contributed by atoms with E-state index < -0.39 is 5.97 Å². The maximum Gasteiger partial charge on any atom is 0.375 e. The smallest absolute Gasteiger partial charge is 0.375 e. The summed E-state index contributed by atoms with van der Waals surface area (Å²) in [5, 5.41) is 12.4. The molecule has 0 saturated heterocycles. The van der Waals surface area contributed by atoms with E-state index in [0.29, 0.717) is 6.54 Å².